The van der Waals surface area contributed by atoms with Gasteiger partial charge in [0.05, 0.1) is 10.8 Å². The summed E-state index contributed by atoms with van der Waals surface area (Å²) in [7, 11) is -2.08. The van der Waals surface area contributed by atoms with E-state index in [1.165, 1.54) is 54.9 Å². The highest BCUT2D eigenvalue weighted by Gasteiger charge is 2.45. The molecule has 0 spiro atoms. The maximum Gasteiger partial charge on any atom is 0.0852 e. The maximum atomic E-state index is 14.3. The Kier molecular flexibility index (Phi) is 6.29. The Bertz CT molecular complexity index is 1930. The molecule has 3 aliphatic carbocycles. The van der Waals surface area contributed by atoms with Gasteiger partial charge in [0.25, 0.3) is 0 Å². The van der Waals surface area contributed by atoms with Crippen LogP contribution in [0.4, 0.5) is 0 Å². The second kappa shape index (κ2) is 10.3. The monoisotopic (exact) mass is 576 g/mol. The van der Waals surface area contributed by atoms with Crippen molar-refractivity contribution >= 4 is 34.6 Å². The Morgan fingerprint density at radius 2 is 1.02 bits per heavy atom. The first-order valence-electron chi connectivity index (χ1n) is 14.4. The van der Waals surface area contributed by atoms with Gasteiger partial charge in [-0.25, -0.2) is 4.21 Å². The molecule has 3 atom stereocenters. The molecular weight excluding hydrogens is 547 g/mol. The molecule has 0 heterocycles. The predicted octanol–water partition coefficient (Wildman–Crippen LogP) is 7.91. The second-order valence-corrected chi connectivity index (χ2v) is 14.8. The van der Waals surface area contributed by atoms with E-state index >= 15 is 0 Å². The molecule has 0 aromatic heterocycles. The lowest BCUT2D eigenvalue weighted by atomic mass is 9.61. The van der Waals surface area contributed by atoms with Crippen molar-refractivity contribution in [2.75, 3.05) is 0 Å². The van der Waals surface area contributed by atoms with E-state index in [0.29, 0.717) is 0 Å². The van der Waals surface area contributed by atoms with Crippen LogP contribution in [0.5, 0.6) is 0 Å². The fourth-order valence-electron chi connectivity index (χ4n) is 6.98. The molecule has 9 rings (SSSR count). The van der Waals surface area contributed by atoms with Crippen molar-refractivity contribution in [1.29, 1.82) is 0 Å². The summed E-state index contributed by atoms with van der Waals surface area (Å²) in [6, 6.07) is 52.4. The van der Waals surface area contributed by atoms with Gasteiger partial charge in [0.15, 0.2) is 0 Å². The lowest BCUT2D eigenvalue weighted by molar-refractivity contribution is 0.678. The molecule has 3 aliphatic rings. The van der Waals surface area contributed by atoms with Gasteiger partial charge in [0.1, 0.15) is 0 Å². The van der Waals surface area contributed by atoms with Gasteiger partial charge in [-0.15, -0.1) is 0 Å². The van der Waals surface area contributed by atoms with Crippen LogP contribution >= 0.6 is 7.92 Å². The number of hydrogen-bond donors (Lipinski definition) is 0. The molecule has 1 nitrogen and oxygen atoms in total. The van der Waals surface area contributed by atoms with E-state index in [2.05, 4.69) is 140 Å². The van der Waals surface area contributed by atoms with Gasteiger partial charge in [-0.3, -0.25) is 0 Å². The van der Waals surface area contributed by atoms with Crippen molar-refractivity contribution in [3.05, 3.63) is 185 Å². The standard InChI is InChI=1S/C39H29OPS/c1-26-22-24-29(25-23-26)42(40)35-21-11-19-33-36-30-16-8-9-17-31(30)39(38(33)35)37-32(36)18-10-20-34(37)41(27-12-4-2-5-13-27)28-14-6-3-7-15-28/h2-25,36,39H,1H3/t36-,39+,42?/m0/s1. The van der Waals surface area contributed by atoms with Crippen LogP contribution in [0.1, 0.15) is 50.8 Å². The Morgan fingerprint density at radius 3 is 1.67 bits per heavy atom. The quantitative estimate of drug-likeness (QED) is 0.190. The van der Waals surface area contributed by atoms with Gasteiger partial charge in [-0.2, -0.15) is 0 Å². The van der Waals surface area contributed by atoms with Crippen molar-refractivity contribution in [2.24, 2.45) is 0 Å². The van der Waals surface area contributed by atoms with Crippen LogP contribution in [-0.4, -0.2) is 4.21 Å². The number of hydrogen-bond acceptors (Lipinski definition) is 1. The van der Waals surface area contributed by atoms with E-state index in [9.17, 15) is 4.21 Å². The lowest BCUT2D eigenvalue weighted by Crippen LogP contribution is -2.34. The highest BCUT2D eigenvalue weighted by molar-refractivity contribution is 7.85. The first kappa shape index (κ1) is 25.6. The third-order valence-corrected chi connectivity index (χ3v) is 12.7. The minimum absolute atomic E-state index is 0.0235. The van der Waals surface area contributed by atoms with Crippen LogP contribution in [0.2, 0.25) is 0 Å². The van der Waals surface area contributed by atoms with Crippen molar-refractivity contribution < 1.29 is 4.21 Å². The highest BCUT2D eigenvalue weighted by Crippen LogP contribution is 2.58. The molecule has 3 heteroatoms. The summed E-state index contributed by atoms with van der Waals surface area (Å²) in [5, 5.41) is 4.09. The van der Waals surface area contributed by atoms with Crippen molar-refractivity contribution in [2.45, 2.75) is 28.6 Å². The van der Waals surface area contributed by atoms with Crippen LogP contribution in [0.3, 0.4) is 0 Å². The summed E-state index contributed by atoms with van der Waals surface area (Å²) in [5.41, 5.74) is 9.22. The molecule has 0 aliphatic heterocycles. The predicted molar refractivity (Wildman–Crippen MR) is 176 cm³/mol. The van der Waals surface area contributed by atoms with E-state index < -0.39 is 18.7 Å². The largest absolute Gasteiger partial charge is 0.249 e. The molecule has 6 aromatic rings. The Labute approximate surface area is 251 Å². The summed E-state index contributed by atoms with van der Waals surface area (Å²) < 4.78 is 14.3. The fourth-order valence-corrected chi connectivity index (χ4v) is 10.8. The third-order valence-electron chi connectivity index (χ3n) is 8.74. The summed E-state index contributed by atoms with van der Waals surface area (Å²) in [5.74, 6) is 0.143. The molecule has 202 valence electrons. The number of rotatable bonds is 5. The van der Waals surface area contributed by atoms with E-state index in [1.807, 2.05) is 12.1 Å². The van der Waals surface area contributed by atoms with E-state index in [1.54, 1.807) is 0 Å². The molecule has 0 saturated heterocycles. The van der Waals surface area contributed by atoms with Crippen LogP contribution < -0.4 is 15.9 Å². The van der Waals surface area contributed by atoms with E-state index in [-0.39, 0.29) is 11.8 Å². The zero-order chi connectivity index (χ0) is 28.2. The van der Waals surface area contributed by atoms with Crippen LogP contribution in [0.15, 0.2) is 155 Å². The van der Waals surface area contributed by atoms with Gasteiger partial charge in [0, 0.05) is 21.6 Å². The summed E-state index contributed by atoms with van der Waals surface area (Å²) in [6.07, 6.45) is 0. The van der Waals surface area contributed by atoms with Gasteiger partial charge >= 0.3 is 0 Å². The Hall–Kier alpha value is -4.10. The summed E-state index contributed by atoms with van der Waals surface area (Å²) in [6.45, 7) is 2.07. The second-order valence-electron chi connectivity index (χ2n) is 11.1. The Morgan fingerprint density at radius 1 is 0.500 bits per heavy atom. The van der Waals surface area contributed by atoms with Gasteiger partial charge in [-0.05, 0) is 82.3 Å². The summed E-state index contributed by atoms with van der Waals surface area (Å²) >= 11 is 0. The number of aryl methyl sites for hydroxylation is 1. The van der Waals surface area contributed by atoms with Gasteiger partial charge in [0.2, 0.25) is 0 Å². The molecule has 1 unspecified atom stereocenters. The fraction of sp³-hybridized carbons (Fsp3) is 0.0769. The van der Waals surface area contributed by atoms with Crippen LogP contribution in [0, 0.1) is 6.92 Å². The average Bonchev–Trinajstić information content (AvgIpc) is 3.05. The van der Waals surface area contributed by atoms with E-state index in [4.69, 9.17) is 0 Å². The van der Waals surface area contributed by atoms with Crippen molar-refractivity contribution in [3.8, 4) is 0 Å². The SMILES string of the molecule is Cc1ccc(S(=O)c2cccc3c2[C@@H]2c4ccccc4[C@H]3c3cccc(P(c4ccccc4)c4ccccc4)c32)cc1. The van der Waals surface area contributed by atoms with E-state index in [0.717, 1.165) is 9.79 Å². The smallest absolute Gasteiger partial charge is 0.0852 e. The van der Waals surface area contributed by atoms with Gasteiger partial charge in [-0.1, -0.05) is 133 Å². The number of benzene rings is 6. The third kappa shape index (κ3) is 3.97. The summed E-state index contributed by atoms with van der Waals surface area (Å²) in [4.78, 5) is 1.79. The molecule has 0 radical (unpaired) electrons. The average molecular weight is 577 g/mol. The van der Waals surface area contributed by atoms with Crippen molar-refractivity contribution in [1.82, 2.24) is 0 Å². The maximum absolute atomic E-state index is 14.3. The first-order chi connectivity index (χ1) is 20.7. The molecule has 0 saturated carbocycles. The molecule has 42 heavy (non-hydrogen) atoms. The zero-order valence-electron chi connectivity index (χ0n) is 23.3. The minimum Gasteiger partial charge on any atom is -0.249 e. The topological polar surface area (TPSA) is 17.1 Å². The molecule has 2 bridgehead atoms. The first-order valence-corrected chi connectivity index (χ1v) is 16.9. The van der Waals surface area contributed by atoms with Gasteiger partial charge < -0.3 is 0 Å². The van der Waals surface area contributed by atoms with Crippen LogP contribution in [0.25, 0.3) is 0 Å². The highest BCUT2D eigenvalue weighted by atomic mass is 32.2. The molecule has 0 amide bonds. The van der Waals surface area contributed by atoms with Crippen LogP contribution in [-0.2, 0) is 10.8 Å². The zero-order valence-corrected chi connectivity index (χ0v) is 25.0. The molecular formula is C39H29OPS. The van der Waals surface area contributed by atoms with Crippen molar-refractivity contribution in [3.63, 3.8) is 0 Å². The molecule has 6 aromatic carbocycles. The molecule has 0 fully saturated rings. The lowest BCUT2D eigenvalue weighted by Gasteiger charge is -2.44. The normalized spacial score (nSPS) is 16.9. The molecule has 0 N–H and O–H groups in total. The minimum atomic E-state index is -1.28. The Balaban J connectivity index is 1.40.